The minimum Gasteiger partial charge on any atom is -0.466 e. The van der Waals surface area contributed by atoms with E-state index in [9.17, 15) is 4.79 Å². The summed E-state index contributed by atoms with van der Waals surface area (Å²) in [7, 11) is 1.31. The van der Waals surface area contributed by atoms with Crippen molar-refractivity contribution in [3.63, 3.8) is 0 Å². The van der Waals surface area contributed by atoms with Crippen LogP contribution in [0.4, 0.5) is 0 Å². The summed E-state index contributed by atoms with van der Waals surface area (Å²) < 4.78 is 9.41. The third-order valence-corrected chi connectivity index (χ3v) is 1.56. The maximum Gasteiger partial charge on any atom is 0.331 e. The molecule has 0 unspecified atom stereocenters. The molecule has 72 valence electrons. The molecule has 1 fully saturated rings. The highest BCUT2D eigenvalue weighted by Gasteiger charge is 2.31. The maximum atomic E-state index is 10.6. The van der Waals surface area contributed by atoms with Crippen LogP contribution in [-0.4, -0.2) is 25.3 Å². The summed E-state index contributed by atoms with van der Waals surface area (Å²) in [5, 5.41) is 0. The summed E-state index contributed by atoms with van der Waals surface area (Å²) in [6.45, 7) is 1.95. The van der Waals surface area contributed by atoms with Crippen LogP contribution < -0.4 is 0 Å². The Morgan fingerprint density at radius 3 is 2.79 bits per heavy atom. The van der Waals surface area contributed by atoms with Crippen LogP contribution >= 0.6 is 0 Å². The highest BCUT2D eigenvalue weighted by atomic mass is 16.6. The van der Waals surface area contributed by atoms with Crippen LogP contribution in [0.5, 0.6) is 0 Å². The molecule has 0 aromatic heterocycles. The molecule has 0 aliphatic carbocycles. The van der Waals surface area contributed by atoms with Gasteiger partial charge in [-0.3, -0.25) is 0 Å². The lowest BCUT2D eigenvalue weighted by molar-refractivity contribution is -0.134. The number of methoxy groups -OCH3 is 1. The molecule has 0 radical (unpaired) electrons. The molecule has 3 heteroatoms. The lowest BCUT2D eigenvalue weighted by Crippen LogP contribution is -1.92. The van der Waals surface area contributed by atoms with Crippen molar-refractivity contribution in [2.24, 2.45) is 0 Å². The molecule has 0 N–H and O–H groups in total. The van der Waals surface area contributed by atoms with Gasteiger partial charge >= 0.3 is 5.97 Å². The average molecular weight is 190 g/mol. The topological polar surface area (TPSA) is 38.8 Å². The molecule has 0 aromatic carbocycles. The van der Waals surface area contributed by atoms with E-state index in [0.29, 0.717) is 0 Å². The SMILES string of the molecule is COC(=O)/C=C\C#CC#C[C@@H]1O[C@@H]1C. The highest BCUT2D eigenvalue weighted by Crippen LogP contribution is 2.18. The first-order chi connectivity index (χ1) is 6.74. The van der Waals surface area contributed by atoms with E-state index in [1.807, 2.05) is 6.92 Å². The molecule has 1 rings (SSSR count). The summed E-state index contributed by atoms with van der Waals surface area (Å²) >= 11 is 0. The van der Waals surface area contributed by atoms with Crippen LogP contribution in [-0.2, 0) is 14.3 Å². The van der Waals surface area contributed by atoms with Crippen LogP contribution in [0.25, 0.3) is 0 Å². The number of carbonyl (C=O) groups is 1. The van der Waals surface area contributed by atoms with Crippen LogP contribution in [0.1, 0.15) is 6.92 Å². The molecule has 1 aliphatic heterocycles. The third kappa shape index (κ3) is 3.80. The van der Waals surface area contributed by atoms with Gasteiger partial charge in [0.2, 0.25) is 0 Å². The summed E-state index contributed by atoms with van der Waals surface area (Å²) in [5.74, 6) is 10.2. The van der Waals surface area contributed by atoms with Crippen molar-refractivity contribution in [1.29, 1.82) is 0 Å². The van der Waals surface area contributed by atoms with E-state index in [-0.39, 0.29) is 12.2 Å². The van der Waals surface area contributed by atoms with Gasteiger partial charge in [-0.25, -0.2) is 4.79 Å². The molecule has 1 heterocycles. The monoisotopic (exact) mass is 190 g/mol. The zero-order chi connectivity index (χ0) is 10.4. The molecule has 14 heavy (non-hydrogen) atoms. The Labute approximate surface area is 83.1 Å². The first kappa shape index (κ1) is 10.4. The van der Waals surface area contributed by atoms with E-state index in [1.54, 1.807) is 0 Å². The van der Waals surface area contributed by atoms with Crippen molar-refractivity contribution in [3.8, 4) is 23.7 Å². The van der Waals surface area contributed by atoms with E-state index in [1.165, 1.54) is 19.3 Å². The minimum atomic E-state index is -0.425. The number of epoxide rings is 1. The molecule has 0 amide bonds. The number of allylic oxidation sites excluding steroid dienone is 1. The van der Waals surface area contributed by atoms with Crippen molar-refractivity contribution < 1.29 is 14.3 Å². The largest absolute Gasteiger partial charge is 0.466 e. The predicted molar refractivity (Wildman–Crippen MR) is 51.0 cm³/mol. The zero-order valence-corrected chi connectivity index (χ0v) is 8.03. The number of hydrogen-bond acceptors (Lipinski definition) is 3. The summed E-state index contributed by atoms with van der Waals surface area (Å²) in [6, 6.07) is 0. The molecule has 1 saturated heterocycles. The first-order valence-electron chi connectivity index (χ1n) is 4.15. The summed E-state index contributed by atoms with van der Waals surface area (Å²) in [4.78, 5) is 10.6. The van der Waals surface area contributed by atoms with Gasteiger partial charge in [-0.05, 0) is 24.8 Å². The number of esters is 1. The standard InChI is InChI=1S/C11H10O3/c1-9-10(14-9)7-5-3-4-6-8-11(12)13-2/h6,8-10H,1-2H3/b8-6-/t9-,10+/m1/s1. The van der Waals surface area contributed by atoms with Crippen molar-refractivity contribution in [1.82, 2.24) is 0 Å². The Kier molecular flexibility index (Phi) is 3.79. The number of rotatable bonds is 1. The summed E-state index contributed by atoms with van der Waals surface area (Å²) in [6.07, 6.45) is 2.91. The highest BCUT2D eigenvalue weighted by molar-refractivity contribution is 5.82. The Bertz CT molecular complexity index is 359. The molecule has 0 saturated carbocycles. The number of ether oxygens (including phenoxy) is 2. The fraction of sp³-hybridized carbons (Fsp3) is 0.364. The average Bonchev–Trinajstić information content (AvgIpc) is 2.87. The quantitative estimate of drug-likeness (QED) is 0.262. The molecule has 0 bridgehead atoms. The smallest absolute Gasteiger partial charge is 0.331 e. The Morgan fingerprint density at radius 1 is 1.50 bits per heavy atom. The van der Waals surface area contributed by atoms with Gasteiger partial charge in [0.25, 0.3) is 0 Å². The lowest BCUT2D eigenvalue weighted by Gasteiger charge is -1.84. The van der Waals surface area contributed by atoms with Crippen LogP contribution in [0.3, 0.4) is 0 Å². The Hall–Kier alpha value is -1.71. The third-order valence-electron chi connectivity index (χ3n) is 1.56. The maximum absolute atomic E-state index is 10.6. The fourth-order valence-electron chi connectivity index (χ4n) is 0.700. The fourth-order valence-corrected chi connectivity index (χ4v) is 0.700. The Balaban J connectivity index is 2.29. The van der Waals surface area contributed by atoms with Gasteiger partial charge in [0, 0.05) is 6.08 Å². The lowest BCUT2D eigenvalue weighted by atomic mass is 10.3. The molecular weight excluding hydrogens is 180 g/mol. The van der Waals surface area contributed by atoms with E-state index >= 15 is 0 Å². The molecule has 1 aliphatic rings. The van der Waals surface area contributed by atoms with Gasteiger partial charge < -0.3 is 9.47 Å². The van der Waals surface area contributed by atoms with Gasteiger partial charge in [0.15, 0.2) is 0 Å². The van der Waals surface area contributed by atoms with Crippen molar-refractivity contribution >= 4 is 5.97 Å². The second kappa shape index (κ2) is 5.11. The van der Waals surface area contributed by atoms with Gasteiger partial charge in [-0.2, -0.15) is 0 Å². The van der Waals surface area contributed by atoms with Gasteiger partial charge in [0.05, 0.1) is 13.2 Å². The van der Waals surface area contributed by atoms with Crippen molar-refractivity contribution in [3.05, 3.63) is 12.2 Å². The molecule has 0 aromatic rings. The van der Waals surface area contributed by atoms with Gasteiger partial charge in [-0.15, -0.1) is 0 Å². The second-order valence-electron chi connectivity index (χ2n) is 2.66. The minimum absolute atomic E-state index is 0.0360. The molecule has 3 nitrogen and oxygen atoms in total. The van der Waals surface area contributed by atoms with Crippen molar-refractivity contribution in [2.75, 3.05) is 7.11 Å². The Morgan fingerprint density at radius 2 is 2.21 bits per heavy atom. The second-order valence-corrected chi connectivity index (χ2v) is 2.66. The normalized spacial score (nSPS) is 23.0. The van der Waals surface area contributed by atoms with Crippen molar-refractivity contribution in [2.45, 2.75) is 19.1 Å². The van der Waals surface area contributed by atoms with Crippen LogP contribution in [0, 0.1) is 23.7 Å². The first-order valence-corrected chi connectivity index (χ1v) is 4.15. The van der Waals surface area contributed by atoms with E-state index in [0.717, 1.165) is 0 Å². The zero-order valence-electron chi connectivity index (χ0n) is 8.03. The summed E-state index contributed by atoms with van der Waals surface area (Å²) in [5.41, 5.74) is 0. The van der Waals surface area contributed by atoms with E-state index < -0.39 is 5.97 Å². The number of carbonyl (C=O) groups excluding carboxylic acids is 1. The van der Waals surface area contributed by atoms with Gasteiger partial charge in [-0.1, -0.05) is 11.8 Å². The molecular formula is C11H10O3. The van der Waals surface area contributed by atoms with E-state index in [4.69, 9.17) is 4.74 Å². The van der Waals surface area contributed by atoms with Gasteiger partial charge in [0.1, 0.15) is 6.10 Å². The van der Waals surface area contributed by atoms with Crippen LogP contribution in [0.15, 0.2) is 12.2 Å². The molecule has 2 atom stereocenters. The molecule has 0 spiro atoms. The number of hydrogen-bond donors (Lipinski definition) is 0. The van der Waals surface area contributed by atoms with Crippen LogP contribution in [0.2, 0.25) is 0 Å². The van der Waals surface area contributed by atoms with E-state index in [2.05, 4.69) is 28.4 Å². The predicted octanol–water partition coefficient (Wildman–Crippen LogP) is 0.510.